The van der Waals surface area contributed by atoms with Gasteiger partial charge in [-0.15, -0.1) is 12.4 Å². The van der Waals surface area contributed by atoms with E-state index in [1.807, 2.05) is 0 Å². The van der Waals surface area contributed by atoms with E-state index in [-0.39, 0.29) is 35.2 Å². The molecule has 114 valence electrons. The molecule has 0 fully saturated rings. The topological polar surface area (TPSA) is 89.3 Å². The molecular weight excluding hydrogens is 300 g/mol. The molecular formula is C13H21ClN2O3S. The monoisotopic (exact) mass is 320 g/mol. The third-order valence-corrected chi connectivity index (χ3v) is 4.34. The number of nitrogens with two attached hydrogens (primary N) is 1. The lowest BCUT2D eigenvalue weighted by Gasteiger charge is -2.19. The largest absolute Gasteiger partial charge is 0.350 e. The summed E-state index contributed by atoms with van der Waals surface area (Å²) in [6, 6.07) is 6.19. The zero-order valence-electron chi connectivity index (χ0n) is 11.8. The minimum Gasteiger partial charge on any atom is -0.350 e. The van der Waals surface area contributed by atoms with Gasteiger partial charge in [-0.3, -0.25) is 4.79 Å². The van der Waals surface area contributed by atoms with E-state index in [1.54, 1.807) is 32.9 Å². The fourth-order valence-corrected chi connectivity index (χ4v) is 2.58. The zero-order chi connectivity index (χ0) is 14.7. The van der Waals surface area contributed by atoms with Gasteiger partial charge in [-0.1, -0.05) is 19.1 Å². The lowest BCUT2D eigenvalue weighted by atomic mass is 10.1. The van der Waals surface area contributed by atoms with Gasteiger partial charge in [0, 0.05) is 12.1 Å². The molecule has 0 heterocycles. The number of amides is 1. The first-order valence-corrected chi connectivity index (χ1v) is 7.71. The van der Waals surface area contributed by atoms with Crippen molar-refractivity contribution in [1.29, 1.82) is 0 Å². The Balaban J connectivity index is 0.00000361. The molecule has 5 nitrogen and oxygen atoms in total. The van der Waals surface area contributed by atoms with Gasteiger partial charge in [0.05, 0.1) is 16.2 Å². The number of benzene rings is 1. The van der Waals surface area contributed by atoms with Gasteiger partial charge in [-0.2, -0.15) is 0 Å². The van der Waals surface area contributed by atoms with Crippen LogP contribution in [0.15, 0.2) is 29.2 Å². The molecule has 0 saturated heterocycles. The Morgan fingerprint density at radius 2 is 1.85 bits per heavy atom. The minimum absolute atomic E-state index is 0. The summed E-state index contributed by atoms with van der Waals surface area (Å²) in [5.74, 6) is -0.467. The maximum Gasteiger partial charge on any atom is 0.252 e. The summed E-state index contributed by atoms with van der Waals surface area (Å²) in [7, 11) is -3.42. The van der Waals surface area contributed by atoms with Crippen molar-refractivity contribution in [3.05, 3.63) is 29.8 Å². The molecule has 1 aromatic carbocycles. The second-order valence-electron chi connectivity index (χ2n) is 5.07. The number of rotatable bonds is 5. The van der Waals surface area contributed by atoms with Crippen LogP contribution in [0.3, 0.4) is 0 Å². The van der Waals surface area contributed by atoms with Gasteiger partial charge in [-0.05, 0) is 26.0 Å². The van der Waals surface area contributed by atoms with E-state index in [9.17, 15) is 13.2 Å². The zero-order valence-corrected chi connectivity index (χ0v) is 13.5. The molecule has 1 rings (SSSR count). The molecule has 0 aliphatic carbocycles. The predicted octanol–water partition coefficient (Wildman–Crippen LogP) is 1.37. The standard InChI is InChI=1S/C13H20N2O3S.ClH/c1-4-19(17,18)11-8-6-5-7-10(11)12(16)15-9-13(2,3)14;/h5-8H,4,9,14H2,1-3H3,(H,15,16);1H. The predicted molar refractivity (Wildman–Crippen MR) is 82.0 cm³/mol. The number of hydrogen-bond acceptors (Lipinski definition) is 4. The third-order valence-electron chi connectivity index (χ3n) is 2.55. The Labute approximate surface area is 126 Å². The smallest absolute Gasteiger partial charge is 0.252 e. The highest BCUT2D eigenvalue weighted by molar-refractivity contribution is 7.91. The molecule has 0 atom stereocenters. The summed E-state index contributed by atoms with van der Waals surface area (Å²) < 4.78 is 23.8. The maximum atomic E-state index is 12.0. The molecule has 0 aliphatic rings. The summed E-state index contributed by atoms with van der Waals surface area (Å²) >= 11 is 0. The van der Waals surface area contributed by atoms with E-state index in [0.29, 0.717) is 0 Å². The van der Waals surface area contributed by atoms with Crippen LogP contribution in [0, 0.1) is 0 Å². The molecule has 0 unspecified atom stereocenters. The number of carbonyl (C=O) groups excluding carboxylic acids is 1. The normalized spacial score (nSPS) is 11.6. The molecule has 0 aliphatic heterocycles. The molecule has 0 bridgehead atoms. The Bertz CT molecular complexity index is 565. The van der Waals surface area contributed by atoms with E-state index < -0.39 is 21.3 Å². The summed E-state index contributed by atoms with van der Waals surface area (Å²) in [5.41, 5.74) is 5.39. The number of sulfone groups is 1. The highest BCUT2D eigenvalue weighted by atomic mass is 35.5. The van der Waals surface area contributed by atoms with Crippen molar-refractivity contribution in [2.24, 2.45) is 5.73 Å². The van der Waals surface area contributed by atoms with Gasteiger partial charge in [0.25, 0.3) is 5.91 Å². The van der Waals surface area contributed by atoms with E-state index in [4.69, 9.17) is 5.73 Å². The first-order valence-electron chi connectivity index (χ1n) is 6.06. The van der Waals surface area contributed by atoms with Gasteiger partial charge in [0.15, 0.2) is 9.84 Å². The van der Waals surface area contributed by atoms with Crippen LogP contribution in [0.25, 0.3) is 0 Å². The van der Waals surface area contributed by atoms with Gasteiger partial charge in [0.1, 0.15) is 0 Å². The van der Waals surface area contributed by atoms with Gasteiger partial charge in [-0.25, -0.2) is 8.42 Å². The van der Waals surface area contributed by atoms with Crippen molar-refractivity contribution in [1.82, 2.24) is 5.32 Å². The van der Waals surface area contributed by atoms with Crippen molar-refractivity contribution in [3.8, 4) is 0 Å². The second kappa shape index (κ2) is 7.06. The molecule has 7 heteroatoms. The average Bonchev–Trinajstić information content (AvgIpc) is 2.35. The summed E-state index contributed by atoms with van der Waals surface area (Å²) in [4.78, 5) is 12.1. The van der Waals surface area contributed by atoms with Crippen LogP contribution in [0.1, 0.15) is 31.1 Å². The molecule has 3 N–H and O–H groups in total. The second-order valence-corrected chi connectivity index (χ2v) is 7.32. The lowest BCUT2D eigenvalue weighted by Crippen LogP contribution is -2.45. The first kappa shape index (κ1) is 18.9. The Kier molecular flexibility index (Phi) is 6.67. The van der Waals surface area contributed by atoms with E-state index in [2.05, 4.69) is 5.32 Å². The highest BCUT2D eigenvalue weighted by Gasteiger charge is 2.21. The van der Waals surface area contributed by atoms with Crippen LogP contribution in [0.2, 0.25) is 0 Å². The molecule has 0 spiro atoms. The number of halogens is 1. The molecule has 0 radical (unpaired) electrons. The van der Waals surface area contributed by atoms with Crippen LogP contribution in [-0.4, -0.2) is 32.2 Å². The van der Waals surface area contributed by atoms with Gasteiger partial charge < -0.3 is 11.1 Å². The quantitative estimate of drug-likeness (QED) is 0.857. The van der Waals surface area contributed by atoms with Gasteiger partial charge >= 0.3 is 0 Å². The Morgan fingerprint density at radius 3 is 2.35 bits per heavy atom. The third kappa shape index (κ3) is 5.11. The van der Waals surface area contributed by atoms with Crippen LogP contribution < -0.4 is 11.1 Å². The molecule has 1 aromatic rings. The van der Waals surface area contributed by atoms with Gasteiger partial charge in [0.2, 0.25) is 0 Å². The average molecular weight is 321 g/mol. The fraction of sp³-hybridized carbons (Fsp3) is 0.462. The minimum atomic E-state index is -3.42. The maximum absolute atomic E-state index is 12.0. The summed E-state index contributed by atoms with van der Waals surface area (Å²) in [6.45, 7) is 5.38. The fourth-order valence-electron chi connectivity index (χ4n) is 1.48. The van der Waals surface area contributed by atoms with Crippen LogP contribution in [0.5, 0.6) is 0 Å². The Hall–Kier alpha value is -1.11. The molecule has 20 heavy (non-hydrogen) atoms. The van der Waals surface area contributed by atoms with Crippen molar-refractivity contribution >= 4 is 28.2 Å². The van der Waals surface area contributed by atoms with E-state index in [1.165, 1.54) is 12.1 Å². The van der Waals surface area contributed by atoms with Crippen molar-refractivity contribution in [3.63, 3.8) is 0 Å². The van der Waals surface area contributed by atoms with Crippen LogP contribution >= 0.6 is 12.4 Å². The SMILES string of the molecule is CCS(=O)(=O)c1ccccc1C(=O)NCC(C)(C)N.Cl. The number of hydrogen-bond donors (Lipinski definition) is 2. The van der Waals surface area contributed by atoms with E-state index in [0.717, 1.165) is 0 Å². The summed E-state index contributed by atoms with van der Waals surface area (Å²) in [5, 5.41) is 2.65. The highest BCUT2D eigenvalue weighted by Crippen LogP contribution is 2.17. The number of carbonyl (C=O) groups is 1. The Morgan fingerprint density at radius 1 is 1.30 bits per heavy atom. The first-order chi connectivity index (χ1) is 8.67. The van der Waals surface area contributed by atoms with Crippen molar-refractivity contribution < 1.29 is 13.2 Å². The summed E-state index contributed by atoms with van der Waals surface area (Å²) in [6.07, 6.45) is 0. The lowest BCUT2D eigenvalue weighted by molar-refractivity contribution is 0.0942. The molecule has 0 saturated carbocycles. The molecule has 1 amide bonds. The number of nitrogens with one attached hydrogen (secondary N) is 1. The van der Waals surface area contributed by atoms with Crippen molar-refractivity contribution in [2.75, 3.05) is 12.3 Å². The van der Waals surface area contributed by atoms with Crippen LogP contribution in [-0.2, 0) is 9.84 Å². The molecule has 0 aromatic heterocycles. The van der Waals surface area contributed by atoms with Crippen molar-refractivity contribution in [2.45, 2.75) is 31.2 Å². The van der Waals surface area contributed by atoms with Crippen LogP contribution in [0.4, 0.5) is 0 Å². The van der Waals surface area contributed by atoms with E-state index >= 15 is 0 Å².